The molecule has 0 aliphatic carbocycles. The number of carbonyl (C=O) groups is 2. The second-order valence-electron chi connectivity index (χ2n) is 6.11. The Morgan fingerprint density at radius 2 is 2.18 bits per heavy atom. The van der Waals surface area contributed by atoms with Crippen LogP contribution in [0.2, 0.25) is 0 Å². The van der Waals surface area contributed by atoms with Crippen molar-refractivity contribution in [2.24, 2.45) is 5.41 Å². The number of ether oxygens (including phenoxy) is 1. The minimum atomic E-state index is -0.462. The molecule has 96 valence electrons. The lowest BCUT2D eigenvalue weighted by atomic mass is 9.86. The van der Waals surface area contributed by atoms with Gasteiger partial charge in [0.25, 0.3) is 0 Å². The molecule has 5 nitrogen and oxygen atoms in total. The Bertz CT molecular complexity index is 348. The lowest BCUT2D eigenvalue weighted by Gasteiger charge is -2.26. The van der Waals surface area contributed by atoms with E-state index in [-0.39, 0.29) is 17.4 Å². The number of hydrogen-bond acceptors (Lipinski definition) is 3. The van der Waals surface area contributed by atoms with Gasteiger partial charge in [0.1, 0.15) is 5.60 Å². The van der Waals surface area contributed by atoms with Crippen molar-refractivity contribution in [1.82, 2.24) is 10.2 Å². The van der Waals surface area contributed by atoms with Crippen LogP contribution in [-0.4, -0.2) is 42.1 Å². The van der Waals surface area contributed by atoms with Crippen molar-refractivity contribution in [1.29, 1.82) is 0 Å². The Balaban J connectivity index is 1.94. The van der Waals surface area contributed by atoms with E-state index in [4.69, 9.17) is 4.74 Å². The largest absolute Gasteiger partial charge is 0.444 e. The first-order chi connectivity index (χ1) is 7.80. The Morgan fingerprint density at radius 1 is 1.47 bits per heavy atom. The zero-order chi connectivity index (χ0) is 12.7. The van der Waals surface area contributed by atoms with Crippen LogP contribution in [0, 0.1) is 5.41 Å². The van der Waals surface area contributed by atoms with Gasteiger partial charge in [0.15, 0.2) is 0 Å². The minimum absolute atomic E-state index is 0.0476. The zero-order valence-corrected chi connectivity index (χ0v) is 10.7. The molecule has 2 amide bonds. The van der Waals surface area contributed by atoms with Crippen molar-refractivity contribution < 1.29 is 14.3 Å². The van der Waals surface area contributed by atoms with Crippen molar-refractivity contribution in [3.8, 4) is 0 Å². The molecular formula is C12H20N2O3. The first-order valence-corrected chi connectivity index (χ1v) is 6.04. The highest BCUT2D eigenvalue weighted by Crippen LogP contribution is 2.36. The maximum atomic E-state index is 11.9. The van der Waals surface area contributed by atoms with Gasteiger partial charge in [-0.25, -0.2) is 4.79 Å². The number of nitrogens with one attached hydrogen (secondary N) is 1. The standard InChI is InChI=1S/C12H20N2O3/c1-11(2,3)17-10(16)14-5-4-12(8-14)6-9(15)13-7-12/h4-8H2,1-3H3,(H,13,15)/t12-/m0/s1. The molecule has 0 unspecified atom stereocenters. The average Bonchev–Trinajstić information content (AvgIpc) is 2.72. The van der Waals surface area contributed by atoms with Crippen LogP contribution in [0.3, 0.4) is 0 Å². The van der Waals surface area contributed by atoms with Crippen molar-refractivity contribution in [2.45, 2.75) is 39.2 Å². The van der Waals surface area contributed by atoms with Gasteiger partial charge in [-0.2, -0.15) is 0 Å². The van der Waals surface area contributed by atoms with E-state index in [9.17, 15) is 9.59 Å². The minimum Gasteiger partial charge on any atom is -0.444 e. The molecule has 2 aliphatic rings. The summed E-state index contributed by atoms with van der Waals surface area (Å²) in [6.45, 7) is 7.57. The first-order valence-electron chi connectivity index (χ1n) is 6.04. The third-order valence-electron chi connectivity index (χ3n) is 3.29. The number of hydrogen-bond donors (Lipinski definition) is 1. The SMILES string of the molecule is CC(C)(C)OC(=O)N1CC[C@]2(CNC(=O)C2)C1. The molecule has 1 atom stereocenters. The molecule has 0 radical (unpaired) electrons. The molecule has 0 aromatic rings. The van der Waals surface area contributed by atoms with Crippen LogP contribution >= 0.6 is 0 Å². The third-order valence-corrected chi connectivity index (χ3v) is 3.29. The predicted molar refractivity (Wildman–Crippen MR) is 62.5 cm³/mol. The highest BCUT2D eigenvalue weighted by molar-refractivity contribution is 5.79. The molecule has 17 heavy (non-hydrogen) atoms. The summed E-state index contributed by atoms with van der Waals surface area (Å²) in [5.41, 5.74) is -0.509. The van der Waals surface area contributed by atoms with E-state index in [0.29, 0.717) is 26.1 Å². The third kappa shape index (κ3) is 2.70. The van der Waals surface area contributed by atoms with E-state index in [1.165, 1.54) is 0 Å². The maximum absolute atomic E-state index is 11.9. The number of nitrogens with zero attached hydrogens (tertiary/aromatic N) is 1. The van der Waals surface area contributed by atoms with Crippen LogP contribution in [-0.2, 0) is 9.53 Å². The summed E-state index contributed by atoms with van der Waals surface area (Å²) in [5, 5.41) is 2.84. The predicted octanol–water partition coefficient (Wildman–Crippen LogP) is 1.13. The van der Waals surface area contributed by atoms with Crippen LogP contribution in [0.15, 0.2) is 0 Å². The van der Waals surface area contributed by atoms with Gasteiger partial charge in [0, 0.05) is 31.5 Å². The van der Waals surface area contributed by atoms with Gasteiger partial charge in [0.2, 0.25) is 5.91 Å². The Kier molecular flexibility index (Phi) is 2.79. The molecule has 2 rings (SSSR count). The summed E-state index contributed by atoms with van der Waals surface area (Å²) in [4.78, 5) is 24.9. The van der Waals surface area contributed by atoms with Crippen LogP contribution in [0.5, 0.6) is 0 Å². The number of likely N-dealkylation sites (tertiary alicyclic amines) is 1. The normalized spacial score (nSPS) is 28.6. The Morgan fingerprint density at radius 3 is 2.71 bits per heavy atom. The lowest BCUT2D eigenvalue weighted by molar-refractivity contribution is -0.119. The summed E-state index contributed by atoms with van der Waals surface area (Å²) >= 11 is 0. The fourth-order valence-corrected chi connectivity index (χ4v) is 2.46. The van der Waals surface area contributed by atoms with Crippen LogP contribution in [0.4, 0.5) is 4.79 Å². The number of carbonyl (C=O) groups excluding carboxylic acids is 2. The molecule has 2 saturated heterocycles. The quantitative estimate of drug-likeness (QED) is 0.690. The second-order valence-corrected chi connectivity index (χ2v) is 6.11. The highest BCUT2D eigenvalue weighted by atomic mass is 16.6. The van der Waals surface area contributed by atoms with Crippen LogP contribution in [0.25, 0.3) is 0 Å². The Hall–Kier alpha value is -1.26. The van der Waals surface area contributed by atoms with Crippen molar-refractivity contribution in [2.75, 3.05) is 19.6 Å². The average molecular weight is 240 g/mol. The molecular weight excluding hydrogens is 220 g/mol. The molecule has 0 saturated carbocycles. The topological polar surface area (TPSA) is 58.6 Å². The van der Waals surface area contributed by atoms with Gasteiger partial charge >= 0.3 is 6.09 Å². The van der Waals surface area contributed by atoms with Crippen molar-refractivity contribution in [3.63, 3.8) is 0 Å². The van der Waals surface area contributed by atoms with Gasteiger partial charge < -0.3 is 15.0 Å². The molecule has 1 N–H and O–H groups in total. The fourth-order valence-electron chi connectivity index (χ4n) is 2.46. The fraction of sp³-hybridized carbons (Fsp3) is 0.833. The molecule has 0 aromatic carbocycles. The summed E-state index contributed by atoms with van der Waals surface area (Å²) in [6.07, 6.45) is 1.14. The highest BCUT2D eigenvalue weighted by Gasteiger charge is 2.45. The van der Waals surface area contributed by atoms with E-state index in [2.05, 4.69) is 5.32 Å². The van der Waals surface area contributed by atoms with E-state index in [1.807, 2.05) is 20.8 Å². The van der Waals surface area contributed by atoms with E-state index in [1.54, 1.807) is 4.90 Å². The molecule has 2 heterocycles. The molecule has 2 aliphatic heterocycles. The van der Waals surface area contributed by atoms with Crippen molar-refractivity contribution >= 4 is 12.0 Å². The number of amides is 2. The zero-order valence-electron chi connectivity index (χ0n) is 10.7. The van der Waals surface area contributed by atoms with Gasteiger partial charge in [-0.3, -0.25) is 4.79 Å². The van der Waals surface area contributed by atoms with E-state index >= 15 is 0 Å². The molecule has 1 spiro atoms. The summed E-state index contributed by atoms with van der Waals surface area (Å²) in [7, 11) is 0. The maximum Gasteiger partial charge on any atom is 0.410 e. The monoisotopic (exact) mass is 240 g/mol. The summed E-state index contributed by atoms with van der Waals surface area (Å²) < 4.78 is 5.33. The van der Waals surface area contributed by atoms with Crippen LogP contribution < -0.4 is 5.32 Å². The van der Waals surface area contributed by atoms with Gasteiger partial charge in [-0.05, 0) is 27.2 Å². The summed E-state index contributed by atoms with van der Waals surface area (Å²) in [6, 6.07) is 0. The Labute approximate surface area is 101 Å². The summed E-state index contributed by atoms with van der Waals surface area (Å²) in [5.74, 6) is 0.0936. The smallest absolute Gasteiger partial charge is 0.410 e. The van der Waals surface area contributed by atoms with Gasteiger partial charge in [0.05, 0.1) is 0 Å². The van der Waals surface area contributed by atoms with Crippen molar-refractivity contribution in [3.05, 3.63) is 0 Å². The molecule has 0 bridgehead atoms. The molecule has 5 heteroatoms. The van der Waals surface area contributed by atoms with E-state index in [0.717, 1.165) is 6.42 Å². The molecule has 2 fully saturated rings. The number of rotatable bonds is 0. The van der Waals surface area contributed by atoms with Crippen LogP contribution in [0.1, 0.15) is 33.6 Å². The van der Waals surface area contributed by atoms with Gasteiger partial charge in [-0.1, -0.05) is 0 Å². The van der Waals surface area contributed by atoms with Gasteiger partial charge in [-0.15, -0.1) is 0 Å². The molecule has 0 aromatic heterocycles. The van der Waals surface area contributed by atoms with E-state index < -0.39 is 5.60 Å². The lowest BCUT2D eigenvalue weighted by Crippen LogP contribution is -2.37. The first kappa shape index (κ1) is 12.2. The second kappa shape index (κ2) is 3.89.